The largest absolute Gasteiger partial charge is 0.478 e. The van der Waals surface area contributed by atoms with Crippen LogP contribution in [0, 0.1) is 0 Å². The normalized spacial score (nSPS) is 11.5. The second kappa shape index (κ2) is 16.4. The second-order valence-corrected chi connectivity index (χ2v) is 14.3. The molecular weight excluding hydrogens is 824 g/mol. The first kappa shape index (κ1) is 40.4. The number of carboxylic acid groups (broad SMARTS) is 3. The summed E-state index contributed by atoms with van der Waals surface area (Å²) in [6.07, 6.45) is 5.19. The molecule has 0 radical (unpaired) electrons. The van der Waals surface area contributed by atoms with E-state index in [1.165, 1.54) is 0 Å². The number of carbonyl (C=O) groups is 4. The summed E-state index contributed by atoms with van der Waals surface area (Å²) < 4.78 is 5.65. The maximum Gasteiger partial charge on any atom is 0.339 e. The van der Waals surface area contributed by atoms with Gasteiger partial charge in [-0.25, -0.2) is 49.1 Å². The van der Waals surface area contributed by atoms with Gasteiger partial charge in [-0.3, -0.25) is 0 Å². The minimum Gasteiger partial charge on any atom is -0.478 e. The zero-order valence-electron chi connectivity index (χ0n) is 32.3. The van der Waals surface area contributed by atoms with Crippen LogP contribution in [-0.2, 0) is 21.8 Å². The molecule has 0 spiro atoms. The number of carbonyl (C=O) groups excluding carboxylic acids is 1. The minimum atomic E-state index is -1.90. The van der Waals surface area contributed by atoms with E-state index in [-0.39, 0.29) is 63.7 Å². The molecule has 16 nitrogen and oxygen atoms in total. The van der Waals surface area contributed by atoms with E-state index in [0.717, 1.165) is 42.9 Å². The Bertz CT molecular complexity index is 3160. The fourth-order valence-electron chi connectivity index (χ4n) is 7.87. The monoisotopic (exact) mass is 858 g/mol. The van der Waals surface area contributed by atoms with E-state index in [1.807, 2.05) is 24.3 Å². The van der Waals surface area contributed by atoms with E-state index in [1.54, 1.807) is 48.5 Å². The molecule has 0 fully saturated rings. The summed E-state index contributed by atoms with van der Waals surface area (Å²) in [4.78, 5) is 89.0. The van der Waals surface area contributed by atoms with Crippen molar-refractivity contribution in [2.24, 2.45) is 0 Å². The molecule has 8 bridgehead atoms. The van der Waals surface area contributed by atoms with Crippen LogP contribution in [0.15, 0.2) is 72.8 Å². The molecule has 5 N–H and O–H groups in total. The summed E-state index contributed by atoms with van der Waals surface area (Å²) in [6.45, 7) is 1.99. The van der Waals surface area contributed by atoms with Crippen LogP contribution in [0.1, 0.15) is 86.9 Å². The van der Waals surface area contributed by atoms with Crippen LogP contribution < -0.4 is 0 Å². The Morgan fingerprint density at radius 2 is 0.869 bits per heavy atom. The molecule has 0 atom stereocenters. The summed E-state index contributed by atoms with van der Waals surface area (Å²) in [7, 11) is 0. The second-order valence-electron chi connectivity index (χ2n) is 14.3. The third kappa shape index (κ3) is 7.02. The third-order valence-electron chi connectivity index (χ3n) is 10.6. The van der Waals surface area contributed by atoms with Crippen molar-refractivity contribution in [3.8, 4) is 45.6 Å². The van der Waals surface area contributed by atoms with Crippen molar-refractivity contribution < 1.29 is 56.3 Å². The summed E-state index contributed by atoms with van der Waals surface area (Å²) in [5.41, 5.74) is -1.24. The van der Waals surface area contributed by atoms with Crippen molar-refractivity contribution in [3.05, 3.63) is 95.1 Å². The van der Waals surface area contributed by atoms with Crippen LogP contribution in [-0.4, -0.2) is 85.7 Å². The molecular formula is C44H34FeN8O8. The van der Waals surface area contributed by atoms with Gasteiger partial charge in [0.1, 0.15) is 22.6 Å². The Morgan fingerprint density at radius 3 is 1.33 bits per heavy atom. The molecule has 5 heterocycles. The van der Waals surface area contributed by atoms with E-state index in [2.05, 4.69) is 16.9 Å². The van der Waals surface area contributed by atoms with Crippen LogP contribution in [0.4, 0.5) is 0 Å². The van der Waals surface area contributed by atoms with Crippen LogP contribution in [0.3, 0.4) is 0 Å². The number of carboxylic acids is 3. The van der Waals surface area contributed by atoms with Crippen molar-refractivity contribution in [2.75, 3.05) is 6.61 Å². The van der Waals surface area contributed by atoms with E-state index < -0.39 is 51.5 Å². The van der Waals surface area contributed by atoms with Crippen LogP contribution in [0.5, 0.6) is 0 Å². The van der Waals surface area contributed by atoms with Crippen molar-refractivity contribution in [2.45, 2.75) is 45.4 Å². The third-order valence-corrected chi connectivity index (χ3v) is 10.6. The Morgan fingerprint density at radius 1 is 0.492 bits per heavy atom. The number of esters is 1. The van der Waals surface area contributed by atoms with Gasteiger partial charge < -0.3 is 30.0 Å². The van der Waals surface area contributed by atoms with E-state index in [4.69, 9.17) is 34.6 Å². The topological polar surface area (TPSA) is 247 Å². The number of benzene rings is 4. The molecule has 61 heavy (non-hydrogen) atoms. The molecule has 0 unspecified atom stereocenters. The number of ether oxygens (including phenoxy) is 1. The molecule has 0 saturated heterocycles. The maximum absolute atomic E-state index is 14.3. The standard InChI is InChI=1S/C44H34N8O8.Fe/c1-2-3-4-5-6-13-20-60-44(59)32-28-27(29(41(53)54)30(42(55)56)31(32)43(57)58)39-50-37-25-18-11-9-16-23(25)35(48-37)46-33-21-14-7-8-15-22(21)34(45-33)47-36-24-17-10-12-19-26(24)38(49-36)51-40(28)52-39;/h7-12,14-19H,2-6,13,20H2,1H3,(H,53,54)(H,55,56)(H,57,58)(H2,45,46,47,48,49,50,51,52);. The number of rotatable bonds is 11. The van der Waals surface area contributed by atoms with Gasteiger partial charge in [0.2, 0.25) is 0 Å². The SMILES string of the molecule is CCCCCCCCOC(=O)c1c(C(=O)O)c(C(=O)O)c(C(=O)O)c2c3nc4nc(nc5[nH]c(nc6nc(nc([nH]3)c12)-c1ccccc1-6)c1ccccc51)-c1ccccc1-4.[Fe]. The fraction of sp³-hybridized carbons (Fsp3) is 0.182. The zero-order chi connectivity index (χ0) is 41.7. The fourth-order valence-corrected chi connectivity index (χ4v) is 7.87. The van der Waals surface area contributed by atoms with Crippen molar-refractivity contribution in [3.63, 3.8) is 0 Å². The number of aromatic amines is 2. The van der Waals surface area contributed by atoms with Gasteiger partial charge in [0, 0.05) is 60.9 Å². The van der Waals surface area contributed by atoms with Crippen LogP contribution >= 0.6 is 0 Å². The van der Waals surface area contributed by atoms with Crippen molar-refractivity contribution in [1.29, 1.82) is 0 Å². The number of hydrogen-bond acceptors (Lipinski definition) is 11. The molecule has 17 heteroatoms. The molecule has 3 aromatic heterocycles. The molecule has 4 aromatic carbocycles. The summed E-state index contributed by atoms with van der Waals surface area (Å²) in [6, 6.07) is 21.8. The molecule has 0 amide bonds. The molecule has 2 aliphatic heterocycles. The zero-order valence-corrected chi connectivity index (χ0v) is 33.4. The number of unbranched alkanes of at least 4 members (excludes halogenated alkanes) is 5. The predicted octanol–water partition coefficient (Wildman–Crippen LogP) is 8.48. The average Bonchev–Trinajstić information content (AvgIpc) is 3.98. The van der Waals surface area contributed by atoms with Crippen molar-refractivity contribution in [1.82, 2.24) is 39.9 Å². The Kier molecular flexibility index (Phi) is 10.8. The number of H-pyrrole nitrogens is 2. The quantitative estimate of drug-likeness (QED) is 0.0465. The number of nitrogens with zero attached hydrogens (tertiary/aromatic N) is 6. The molecule has 9 rings (SSSR count). The predicted molar refractivity (Wildman–Crippen MR) is 221 cm³/mol. The Hall–Kier alpha value is -7.36. The van der Waals surface area contributed by atoms with Gasteiger partial charge >= 0.3 is 23.9 Å². The molecule has 0 aliphatic carbocycles. The first-order chi connectivity index (χ1) is 29.1. The smallest absolute Gasteiger partial charge is 0.339 e. The molecule has 2 aliphatic rings. The number of aromatic carboxylic acids is 3. The Labute approximate surface area is 355 Å². The van der Waals surface area contributed by atoms with Gasteiger partial charge in [0.25, 0.3) is 0 Å². The van der Waals surface area contributed by atoms with E-state index in [9.17, 15) is 34.5 Å². The Balaban J connectivity index is 0.00000514. The number of hydrogen-bond donors (Lipinski definition) is 5. The van der Waals surface area contributed by atoms with E-state index in [0.29, 0.717) is 40.0 Å². The number of nitrogens with one attached hydrogen (secondary N) is 2. The minimum absolute atomic E-state index is 0. The number of fused-ring (bicyclic) bond motifs is 20. The van der Waals surface area contributed by atoms with Gasteiger partial charge in [0.05, 0.1) is 28.9 Å². The van der Waals surface area contributed by atoms with Gasteiger partial charge in [-0.2, -0.15) is 0 Å². The summed E-state index contributed by atoms with van der Waals surface area (Å²) in [5.74, 6) is -6.07. The van der Waals surface area contributed by atoms with Crippen LogP contribution in [0.25, 0.3) is 89.7 Å². The summed E-state index contributed by atoms with van der Waals surface area (Å²) >= 11 is 0. The molecule has 7 aromatic rings. The van der Waals surface area contributed by atoms with Gasteiger partial charge in [-0.1, -0.05) is 112 Å². The van der Waals surface area contributed by atoms with Gasteiger partial charge in [-0.05, 0) is 6.42 Å². The summed E-state index contributed by atoms with van der Waals surface area (Å²) in [5, 5.41) is 32.7. The average molecular weight is 859 g/mol. The molecule has 306 valence electrons. The van der Waals surface area contributed by atoms with E-state index >= 15 is 0 Å². The molecule has 0 saturated carbocycles. The van der Waals surface area contributed by atoms with Crippen molar-refractivity contribution >= 4 is 68.0 Å². The number of aromatic nitrogens is 8. The van der Waals surface area contributed by atoms with Gasteiger partial charge in [-0.15, -0.1) is 0 Å². The maximum atomic E-state index is 14.3. The van der Waals surface area contributed by atoms with Gasteiger partial charge in [0.15, 0.2) is 23.3 Å². The first-order valence-corrected chi connectivity index (χ1v) is 19.4. The van der Waals surface area contributed by atoms with Crippen LogP contribution in [0.2, 0.25) is 0 Å². The first-order valence-electron chi connectivity index (χ1n) is 19.4.